The largest absolute Gasteiger partial charge is 0.306 e. The molecule has 0 aromatic carbocycles. The molecule has 1 atom stereocenters. The quantitative estimate of drug-likeness (QED) is 0.932. The summed E-state index contributed by atoms with van der Waals surface area (Å²) in [6.07, 6.45) is 5.97. The van der Waals surface area contributed by atoms with Gasteiger partial charge in [0.05, 0.1) is 17.9 Å². The molecule has 0 aliphatic heterocycles. The van der Waals surface area contributed by atoms with Gasteiger partial charge < -0.3 is 5.32 Å². The molecule has 2 heterocycles. The first-order chi connectivity index (χ1) is 9.29. The highest BCUT2D eigenvalue weighted by molar-refractivity contribution is 5.20. The van der Waals surface area contributed by atoms with Gasteiger partial charge in [-0.1, -0.05) is 0 Å². The lowest BCUT2D eigenvalue weighted by molar-refractivity contribution is 0.355. The van der Waals surface area contributed by atoms with Crippen LogP contribution >= 0.6 is 0 Å². The first-order valence-electron chi connectivity index (χ1n) is 7.05. The highest BCUT2D eigenvalue weighted by Crippen LogP contribution is 2.17. The third-order valence-electron chi connectivity index (χ3n) is 3.68. The number of nitrogens with zero attached hydrogens (tertiary/aromatic N) is 4. The molecule has 2 aromatic heterocycles. The number of rotatable bonds is 4. The minimum atomic E-state index is 0.0316. The van der Waals surface area contributed by atoms with Crippen LogP contribution in [0.15, 0.2) is 18.6 Å². The maximum absolute atomic E-state index is 4.42. The average molecular weight is 275 g/mol. The van der Waals surface area contributed by atoms with Crippen LogP contribution in [0.2, 0.25) is 0 Å². The zero-order chi connectivity index (χ0) is 14.9. The second-order valence-corrected chi connectivity index (χ2v) is 6.38. The fraction of sp³-hybridized carbons (Fsp3) is 0.600. The first kappa shape index (κ1) is 14.8. The van der Waals surface area contributed by atoms with Crippen LogP contribution in [0.5, 0.6) is 0 Å². The van der Waals surface area contributed by atoms with E-state index in [1.165, 1.54) is 16.8 Å². The Labute approximate surface area is 121 Å². The zero-order valence-electron chi connectivity index (χ0n) is 13.3. The number of hydrogen-bond acceptors (Lipinski definition) is 3. The van der Waals surface area contributed by atoms with Gasteiger partial charge in [-0.2, -0.15) is 10.2 Å². The lowest BCUT2D eigenvalue weighted by Gasteiger charge is -2.18. The maximum atomic E-state index is 4.42. The molecular formula is C15H25N5. The third-order valence-corrected chi connectivity index (χ3v) is 3.68. The second-order valence-electron chi connectivity index (χ2n) is 6.38. The summed E-state index contributed by atoms with van der Waals surface area (Å²) in [5.41, 5.74) is 3.68. The predicted octanol–water partition coefficient (Wildman–Crippen LogP) is 2.53. The minimum Gasteiger partial charge on any atom is -0.306 e. The Morgan fingerprint density at radius 2 is 1.95 bits per heavy atom. The Kier molecular flexibility index (Phi) is 3.99. The standard InChI is InChI=1S/C15H25N5/c1-11(14-9-17-19(6)12(14)2)16-7-13-8-18-20(10-13)15(3,4)5/h8-11,16H,7H2,1-6H3. The van der Waals surface area contributed by atoms with Crippen molar-refractivity contribution in [3.8, 4) is 0 Å². The maximum Gasteiger partial charge on any atom is 0.0543 e. The highest BCUT2D eigenvalue weighted by atomic mass is 15.3. The molecule has 1 N–H and O–H groups in total. The number of nitrogens with one attached hydrogen (secondary N) is 1. The van der Waals surface area contributed by atoms with Gasteiger partial charge in [0.25, 0.3) is 0 Å². The van der Waals surface area contributed by atoms with Crippen molar-refractivity contribution in [1.82, 2.24) is 24.9 Å². The molecule has 0 aliphatic rings. The van der Waals surface area contributed by atoms with Gasteiger partial charge in [-0.05, 0) is 34.6 Å². The van der Waals surface area contributed by atoms with Gasteiger partial charge >= 0.3 is 0 Å². The molecule has 0 aliphatic carbocycles. The SMILES string of the molecule is Cc1c(C(C)NCc2cnn(C(C)(C)C)c2)cnn1C. The molecule has 0 spiro atoms. The Hall–Kier alpha value is -1.62. The van der Waals surface area contributed by atoms with E-state index in [0.717, 1.165) is 6.54 Å². The van der Waals surface area contributed by atoms with Gasteiger partial charge in [-0.3, -0.25) is 9.36 Å². The lowest BCUT2D eigenvalue weighted by atomic mass is 10.1. The van der Waals surface area contributed by atoms with Crippen LogP contribution in [-0.2, 0) is 19.1 Å². The molecular weight excluding hydrogens is 250 g/mol. The van der Waals surface area contributed by atoms with Crippen molar-refractivity contribution in [2.45, 2.75) is 52.7 Å². The van der Waals surface area contributed by atoms with Crippen LogP contribution in [0.4, 0.5) is 0 Å². The van der Waals surface area contributed by atoms with Crippen molar-refractivity contribution in [3.63, 3.8) is 0 Å². The molecule has 0 bridgehead atoms. The Balaban J connectivity index is 1.99. The molecule has 0 radical (unpaired) electrons. The molecule has 2 rings (SSSR count). The molecule has 1 unspecified atom stereocenters. The molecule has 0 fully saturated rings. The summed E-state index contributed by atoms with van der Waals surface area (Å²) >= 11 is 0. The highest BCUT2D eigenvalue weighted by Gasteiger charge is 2.15. The van der Waals surface area contributed by atoms with Gasteiger partial charge in [0.15, 0.2) is 0 Å². The van der Waals surface area contributed by atoms with Crippen LogP contribution in [0.1, 0.15) is 50.6 Å². The van der Waals surface area contributed by atoms with Gasteiger partial charge in [-0.25, -0.2) is 0 Å². The van der Waals surface area contributed by atoms with Crippen molar-refractivity contribution in [1.29, 1.82) is 0 Å². The Morgan fingerprint density at radius 1 is 1.25 bits per heavy atom. The van der Waals surface area contributed by atoms with E-state index < -0.39 is 0 Å². The van der Waals surface area contributed by atoms with E-state index in [4.69, 9.17) is 0 Å². The normalized spacial score (nSPS) is 13.7. The molecule has 2 aromatic rings. The summed E-state index contributed by atoms with van der Waals surface area (Å²) in [7, 11) is 1.97. The van der Waals surface area contributed by atoms with E-state index in [2.05, 4.69) is 56.3 Å². The van der Waals surface area contributed by atoms with E-state index in [-0.39, 0.29) is 11.6 Å². The summed E-state index contributed by atoms with van der Waals surface area (Å²) in [5, 5.41) is 12.2. The number of aryl methyl sites for hydroxylation is 1. The number of hydrogen-bond donors (Lipinski definition) is 1. The van der Waals surface area contributed by atoms with E-state index in [1.807, 2.05) is 28.8 Å². The molecule has 0 amide bonds. The molecule has 110 valence electrons. The molecule has 0 saturated heterocycles. The van der Waals surface area contributed by atoms with Gasteiger partial charge in [0.1, 0.15) is 0 Å². The summed E-state index contributed by atoms with van der Waals surface area (Å²) < 4.78 is 3.91. The topological polar surface area (TPSA) is 47.7 Å². The van der Waals surface area contributed by atoms with E-state index in [1.54, 1.807) is 0 Å². The minimum absolute atomic E-state index is 0.0316. The van der Waals surface area contributed by atoms with E-state index in [0.29, 0.717) is 0 Å². The van der Waals surface area contributed by atoms with Gasteiger partial charge in [0.2, 0.25) is 0 Å². The fourth-order valence-corrected chi connectivity index (χ4v) is 2.14. The van der Waals surface area contributed by atoms with Crippen molar-refractivity contribution in [2.75, 3.05) is 0 Å². The van der Waals surface area contributed by atoms with E-state index >= 15 is 0 Å². The van der Waals surface area contributed by atoms with Crippen molar-refractivity contribution in [3.05, 3.63) is 35.4 Å². The van der Waals surface area contributed by atoms with Crippen LogP contribution in [0, 0.1) is 6.92 Å². The van der Waals surface area contributed by atoms with Crippen molar-refractivity contribution >= 4 is 0 Å². The third kappa shape index (κ3) is 3.10. The number of aromatic nitrogens is 4. The molecule has 5 nitrogen and oxygen atoms in total. The Bertz CT molecular complexity index is 573. The second kappa shape index (κ2) is 5.40. The van der Waals surface area contributed by atoms with Gasteiger partial charge in [0, 0.05) is 42.7 Å². The van der Waals surface area contributed by atoms with Crippen LogP contribution in [-0.4, -0.2) is 19.6 Å². The van der Waals surface area contributed by atoms with Crippen LogP contribution in [0.25, 0.3) is 0 Å². The lowest BCUT2D eigenvalue weighted by Crippen LogP contribution is -2.22. The monoisotopic (exact) mass is 275 g/mol. The molecule has 5 heteroatoms. The van der Waals surface area contributed by atoms with Crippen molar-refractivity contribution in [2.24, 2.45) is 7.05 Å². The summed E-state index contributed by atoms with van der Waals surface area (Å²) in [5.74, 6) is 0. The van der Waals surface area contributed by atoms with Crippen LogP contribution in [0.3, 0.4) is 0 Å². The molecule has 20 heavy (non-hydrogen) atoms. The first-order valence-corrected chi connectivity index (χ1v) is 7.05. The summed E-state index contributed by atoms with van der Waals surface area (Å²) in [4.78, 5) is 0. The van der Waals surface area contributed by atoms with Crippen molar-refractivity contribution < 1.29 is 0 Å². The predicted molar refractivity (Wildman–Crippen MR) is 80.4 cm³/mol. The Morgan fingerprint density at radius 3 is 2.45 bits per heavy atom. The van der Waals surface area contributed by atoms with Gasteiger partial charge in [-0.15, -0.1) is 0 Å². The van der Waals surface area contributed by atoms with E-state index in [9.17, 15) is 0 Å². The zero-order valence-corrected chi connectivity index (χ0v) is 13.3. The molecule has 0 saturated carbocycles. The summed E-state index contributed by atoms with van der Waals surface area (Å²) in [6, 6.07) is 0.279. The smallest absolute Gasteiger partial charge is 0.0543 e. The summed E-state index contributed by atoms with van der Waals surface area (Å²) in [6.45, 7) is 11.5. The van der Waals surface area contributed by atoms with Crippen LogP contribution < -0.4 is 5.32 Å². The fourth-order valence-electron chi connectivity index (χ4n) is 2.14. The average Bonchev–Trinajstić information content (AvgIpc) is 2.95.